The standard InChI is InChI=1S/C11H17N3O3/c1-4-13(5-6-15)10-7-8(2)12-9(3)11(10)14(16)17/h7,15H,4-6H2,1-3H3. The molecule has 0 aromatic carbocycles. The second-order valence-electron chi connectivity index (χ2n) is 3.78. The van der Waals surface area contributed by atoms with Crippen LogP contribution >= 0.6 is 0 Å². The van der Waals surface area contributed by atoms with E-state index in [0.29, 0.717) is 24.5 Å². The lowest BCUT2D eigenvalue weighted by Crippen LogP contribution is -2.27. The Hall–Kier alpha value is -1.69. The zero-order valence-electron chi connectivity index (χ0n) is 10.3. The Kier molecular flexibility index (Phi) is 4.39. The fraction of sp³-hybridized carbons (Fsp3) is 0.545. The van der Waals surface area contributed by atoms with Crippen molar-refractivity contribution < 1.29 is 10.0 Å². The molecule has 0 spiro atoms. The van der Waals surface area contributed by atoms with Crippen LogP contribution in [0.1, 0.15) is 18.3 Å². The normalized spacial score (nSPS) is 10.4. The molecule has 1 heterocycles. The molecular weight excluding hydrogens is 222 g/mol. The van der Waals surface area contributed by atoms with Gasteiger partial charge in [0.1, 0.15) is 11.4 Å². The van der Waals surface area contributed by atoms with Crippen molar-refractivity contribution in [1.82, 2.24) is 4.98 Å². The molecule has 0 saturated heterocycles. The summed E-state index contributed by atoms with van der Waals surface area (Å²) in [4.78, 5) is 16.5. The van der Waals surface area contributed by atoms with Crippen molar-refractivity contribution >= 4 is 11.4 Å². The summed E-state index contributed by atoms with van der Waals surface area (Å²) in [5.74, 6) is 0. The number of aromatic nitrogens is 1. The van der Waals surface area contributed by atoms with Crippen LogP contribution in [0.15, 0.2) is 6.07 Å². The van der Waals surface area contributed by atoms with Crippen LogP contribution in [0.5, 0.6) is 0 Å². The Balaban J connectivity index is 3.32. The zero-order valence-corrected chi connectivity index (χ0v) is 10.3. The first-order valence-corrected chi connectivity index (χ1v) is 5.49. The highest BCUT2D eigenvalue weighted by Gasteiger charge is 2.22. The summed E-state index contributed by atoms with van der Waals surface area (Å²) in [6.45, 7) is 6.26. The van der Waals surface area contributed by atoms with E-state index < -0.39 is 4.92 Å². The van der Waals surface area contributed by atoms with Crippen LogP contribution in [0.25, 0.3) is 0 Å². The molecule has 1 aromatic heterocycles. The average molecular weight is 239 g/mol. The molecule has 0 aliphatic carbocycles. The Labute approximate surface area is 100 Å². The molecule has 0 fully saturated rings. The number of hydrogen-bond acceptors (Lipinski definition) is 5. The number of hydrogen-bond donors (Lipinski definition) is 1. The van der Waals surface area contributed by atoms with Gasteiger partial charge in [-0.1, -0.05) is 0 Å². The Morgan fingerprint density at radius 1 is 1.53 bits per heavy atom. The van der Waals surface area contributed by atoms with E-state index in [1.165, 1.54) is 0 Å². The van der Waals surface area contributed by atoms with Crippen molar-refractivity contribution in [3.63, 3.8) is 0 Å². The van der Waals surface area contributed by atoms with Crippen LogP contribution in [0.3, 0.4) is 0 Å². The Morgan fingerprint density at radius 3 is 2.65 bits per heavy atom. The first-order chi connectivity index (χ1) is 8.01. The van der Waals surface area contributed by atoms with E-state index in [4.69, 9.17) is 5.11 Å². The minimum atomic E-state index is -0.420. The molecule has 6 heteroatoms. The van der Waals surface area contributed by atoms with Gasteiger partial charge >= 0.3 is 5.69 Å². The maximum absolute atomic E-state index is 11.1. The van der Waals surface area contributed by atoms with Gasteiger partial charge in [0.15, 0.2) is 0 Å². The van der Waals surface area contributed by atoms with Gasteiger partial charge in [-0.05, 0) is 26.8 Å². The van der Waals surface area contributed by atoms with Gasteiger partial charge in [0, 0.05) is 18.8 Å². The summed E-state index contributed by atoms with van der Waals surface area (Å²) in [7, 11) is 0. The molecule has 0 atom stereocenters. The third-order valence-electron chi connectivity index (χ3n) is 2.55. The predicted octanol–water partition coefficient (Wildman–Crippen LogP) is 1.43. The molecule has 1 rings (SSSR count). The summed E-state index contributed by atoms with van der Waals surface area (Å²) in [6.07, 6.45) is 0. The molecule has 0 saturated carbocycles. The molecule has 0 amide bonds. The van der Waals surface area contributed by atoms with Gasteiger partial charge in [0.2, 0.25) is 0 Å². The van der Waals surface area contributed by atoms with Crippen molar-refractivity contribution in [2.45, 2.75) is 20.8 Å². The molecule has 0 bridgehead atoms. The largest absolute Gasteiger partial charge is 0.395 e. The van der Waals surface area contributed by atoms with E-state index in [1.54, 1.807) is 24.8 Å². The summed E-state index contributed by atoms with van der Waals surface area (Å²) >= 11 is 0. The molecule has 1 N–H and O–H groups in total. The molecule has 0 unspecified atom stereocenters. The van der Waals surface area contributed by atoms with Gasteiger partial charge in [-0.3, -0.25) is 15.1 Å². The van der Waals surface area contributed by atoms with Gasteiger partial charge < -0.3 is 10.0 Å². The van der Waals surface area contributed by atoms with Gasteiger partial charge in [0.25, 0.3) is 0 Å². The van der Waals surface area contributed by atoms with Crippen LogP contribution in [-0.4, -0.2) is 34.7 Å². The summed E-state index contributed by atoms with van der Waals surface area (Å²) in [6, 6.07) is 1.68. The van der Waals surface area contributed by atoms with E-state index >= 15 is 0 Å². The number of anilines is 1. The van der Waals surface area contributed by atoms with Crippen molar-refractivity contribution in [3.05, 3.63) is 27.6 Å². The molecule has 0 radical (unpaired) electrons. The average Bonchev–Trinajstić information content (AvgIpc) is 2.23. The molecule has 1 aromatic rings. The number of aliphatic hydroxyl groups excluding tert-OH is 1. The van der Waals surface area contributed by atoms with Gasteiger partial charge in [0.05, 0.1) is 11.5 Å². The van der Waals surface area contributed by atoms with Gasteiger partial charge in [-0.2, -0.15) is 0 Å². The van der Waals surface area contributed by atoms with E-state index in [0.717, 1.165) is 5.69 Å². The van der Waals surface area contributed by atoms with E-state index in [-0.39, 0.29) is 12.3 Å². The minimum absolute atomic E-state index is 0.0194. The number of pyridine rings is 1. The molecular formula is C11H17N3O3. The Bertz CT molecular complexity index is 421. The zero-order chi connectivity index (χ0) is 13.0. The first kappa shape index (κ1) is 13.4. The number of aryl methyl sites for hydroxylation is 2. The highest BCUT2D eigenvalue weighted by molar-refractivity contribution is 5.65. The minimum Gasteiger partial charge on any atom is -0.395 e. The van der Waals surface area contributed by atoms with Crippen LogP contribution < -0.4 is 4.90 Å². The molecule has 0 aliphatic heterocycles. The SMILES string of the molecule is CCN(CCO)c1cc(C)nc(C)c1[N+](=O)[O-]. The number of nitro groups is 1. The van der Waals surface area contributed by atoms with Gasteiger partial charge in [-0.25, -0.2) is 0 Å². The van der Waals surface area contributed by atoms with Crippen molar-refractivity contribution in [2.24, 2.45) is 0 Å². The number of rotatable bonds is 5. The Morgan fingerprint density at radius 2 is 2.18 bits per heavy atom. The lowest BCUT2D eigenvalue weighted by atomic mass is 10.2. The van der Waals surface area contributed by atoms with E-state index in [9.17, 15) is 10.1 Å². The maximum atomic E-state index is 11.1. The second kappa shape index (κ2) is 5.58. The van der Waals surface area contributed by atoms with Crippen molar-refractivity contribution in [3.8, 4) is 0 Å². The first-order valence-electron chi connectivity index (χ1n) is 5.49. The van der Waals surface area contributed by atoms with Crippen LogP contribution in [0, 0.1) is 24.0 Å². The lowest BCUT2D eigenvalue weighted by Gasteiger charge is -2.22. The quantitative estimate of drug-likeness (QED) is 0.621. The van der Waals surface area contributed by atoms with Crippen LogP contribution in [0.4, 0.5) is 11.4 Å². The predicted molar refractivity (Wildman–Crippen MR) is 65.3 cm³/mol. The second-order valence-corrected chi connectivity index (χ2v) is 3.78. The number of likely N-dealkylation sites (N-methyl/N-ethyl adjacent to an activating group) is 1. The monoisotopic (exact) mass is 239 g/mol. The number of aliphatic hydroxyl groups is 1. The maximum Gasteiger partial charge on any atom is 0.313 e. The molecule has 0 aliphatic rings. The number of nitrogens with zero attached hydrogens (tertiary/aromatic N) is 3. The smallest absolute Gasteiger partial charge is 0.313 e. The van der Waals surface area contributed by atoms with Crippen molar-refractivity contribution in [2.75, 3.05) is 24.6 Å². The van der Waals surface area contributed by atoms with Crippen LogP contribution in [-0.2, 0) is 0 Å². The summed E-state index contributed by atoms with van der Waals surface area (Å²) < 4.78 is 0. The highest BCUT2D eigenvalue weighted by atomic mass is 16.6. The third-order valence-corrected chi connectivity index (χ3v) is 2.55. The summed E-state index contributed by atoms with van der Waals surface area (Å²) in [5.41, 5.74) is 1.68. The van der Waals surface area contributed by atoms with Gasteiger partial charge in [-0.15, -0.1) is 0 Å². The fourth-order valence-corrected chi connectivity index (χ4v) is 1.84. The summed E-state index contributed by atoms with van der Waals surface area (Å²) in [5, 5.41) is 20.0. The third kappa shape index (κ3) is 2.91. The van der Waals surface area contributed by atoms with E-state index in [2.05, 4.69) is 4.98 Å². The molecule has 17 heavy (non-hydrogen) atoms. The van der Waals surface area contributed by atoms with E-state index in [1.807, 2.05) is 6.92 Å². The molecule has 6 nitrogen and oxygen atoms in total. The van der Waals surface area contributed by atoms with Crippen molar-refractivity contribution in [1.29, 1.82) is 0 Å². The molecule has 94 valence electrons. The fourth-order valence-electron chi connectivity index (χ4n) is 1.84. The van der Waals surface area contributed by atoms with Crippen LogP contribution in [0.2, 0.25) is 0 Å². The topological polar surface area (TPSA) is 79.5 Å². The lowest BCUT2D eigenvalue weighted by molar-refractivity contribution is -0.385. The highest BCUT2D eigenvalue weighted by Crippen LogP contribution is 2.30.